The van der Waals surface area contributed by atoms with Crippen LogP contribution in [0.25, 0.3) is 11.1 Å². The largest absolute Gasteiger partial charge is 0.508 e. The van der Waals surface area contributed by atoms with Crippen LogP contribution in [-0.2, 0) is 0 Å². The highest BCUT2D eigenvalue weighted by Crippen LogP contribution is 2.31. The molecule has 0 bridgehead atoms. The molecule has 0 saturated heterocycles. The summed E-state index contributed by atoms with van der Waals surface area (Å²) in [5, 5.41) is 19.3. The molecule has 0 aliphatic carbocycles. The lowest BCUT2D eigenvalue weighted by Crippen LogP contribution is -2.01. The van der Waals surface area contributed by atoms with Gasteiger partial charge in [-0.25, -0.2) is 4.79 Å². The number of halogens is 1. The Morgan fingerprint density at radius 2 is 1.78 bits per heavy atom. The van der Waals surface area contributed by atoms with Crippen molar-refractivity contribution in [2.24, 2.45) is 0 Å². The van der Waals surface area contributed by atoms with Crippen LogP contribution in [0.15, 0.2) is 36.4 Å². The van der Waals surface area contributed by atoms with Crippen LogP contribution >= 0.6 is 11.6 Å². The number of hydrogen-bond donors (Lipinski definition) is 2. The molecule has 18 heavy (non-hydrogen) atoms. The molecule has 0 heterocycles. The van der Waals surface area contributed by atoms with Gasteiger partial charge >= 0.3 is 5.97 Å². The van der Waals surface area contributed by atoms with Gasteiger partial charge in [0.15, 0.2) is 0 Å². The lowest BCUT2D eigenvalue weighted by atomic mass is 9.94. The lowest BCUT2D eigenvalue weighted by Gasteiger charge is -2.11. The second kappa shape index (κ2) is 4.70. The molecule has 2 aromatic rings. The molecule has 0 fully saturated rings. The van der Waals surface area contributed by atoms with Gasteiger partial charge in [0, 0.05) is 5.02 Å². The third kappa shape index (κ3) is 2.31. The van der Waals surface area contributed by atoms with E-state index in [4.69, 9.17) is 11.6 Å². The topological polar surface area (TPSA) is 57.5 Å². The summed E-state index contributed by atoms with van der Waals surface area (Å²) in [6.07, 6.45) is 0. The maximum atomic E-state index is 11.2. The van der Waals surface area contributed by atoms with E-state index in [1.165, 1.54) is 12.1 Å². The van der Waals surface area contributed by atoms with Crippen molar-refractivity contribution in [3.8, 4) is 16.9 Å². The third-order valence-electron chi connectivity index (χ3n) is 2.68. The number of carboxylic acids is 1. The van der Waals surface area contributed by atoms with Crippen LogP contribution in [-0.4, -0.2) is 16.2 Å². The summed E-state index contributed by atoms with van der Waals surface area (Å²) in [4.78, 5) is 11.2. The number of phenols is 1. The second-order valence-corrected chi connectivity index (χ2v) is 4.43. The molecule has 0 aromatic heterocycles. The molecule has 0 atom stereocenters. The summed E-state index contributed by atoms with van der Waals surface area (Å²) in [6.45, 7) is 1.76. The average molecular weight is 263 g/mol. The molecule has 0 radical (unpaired) electrons. The monoisotopic (exact) mass is 262 g/mol. The van der Waals surface area contributed by atoms with Gasteiger partial charge in [-0.2, -0.15) is 0 Å². The van der Waals surface area contributed by atoms with E-state index >= 15 is 0 Å². The normalized spacial score (nSPS) is 10.3. The number of aromatic hydroxyl groups is 1. The smallest absolute Gasteiger partial charge is 0.336 e. The molecular weight excluding hydrogens is 252 g/mol. The molecule has 0 aliphatic rings. The Hall–Kier alpha value is -2.00. The first kappa shape index (κ1) is 12.5. The standard InChI is InChI=1S/C14H11ClO3/c1-8-6-11(16)7-12(14(17)18)13(8)9-2-4-10(15)5-3-9/h2-7,16H,1H3,(H,17,18). The molecular formula is C14H11ClO3. The first-order valence-electron chi connectivity index (χ1n) is 5.32. The summed E-state index contributed by atoms with van der Waals surface area (Å²) in [6, 6.07) is 9.71. The molecule has 2 rings (SSSR count). The van der Waals surface area contributed by atoms with E-state index in [1.807, 2.05) is 0 Å². The van der Waals surface area contributed by atoms with Gasteiger partial charge in [0.25, 0.3) is 0 Å². The van der Waals surface area contributed by atoms with Crippen LogP contribution in [0.2, 0.25) is 5.02 Å². The van der Waals surface area contributed by atoms with E-state index in [0.29, 0.717) is 16.1 Å². The lowest BCUT2D eigenvalue weighted by molar-refractivity contribution is 0.0697. The fourth-order valence-electron chi connectivity index (χ4n) is 1.94. The highest BCUT2D eigenvalue weighted by molar-refractivity contribution is 6.30. The molecule has 0 spiro atoms. The van der Waals surface area contributed by atoms with Gasteiger partial charge in [0.2, 0.25) is 0 Å². The molecule has 2 N–H and O–H groups in total. The van der Waals surface area contributed by atoms with Crippen LogP contribution in [0.1, 0.15) is 15.9 Å². The second-order valence-electron chi connectivity index (χ2n) is 4.00. The van der Waals surface area contributed by atoms with Crippen molar-refractivity contribution in [2.45, 2.75) is 6.92 Å². The molecule has 0 unspecified atom stereocenters. The predicted molar refractivity (Wildman–Crippen MR) is 70.2 cm³/mol. The highest BCUT2D eigenvalue weighted by Gasteiger charge is 2.15. The number of rotatable bonds is 2. The molecule has 0 aliphatic heterocycles. The maximum absolute atomic E-state index is 11.2. The van der Waals surface area contributed by atoms with Crippen molar-refractivity contribution < 1.29 is 15.0 Å². The summed E-state index contributed by atoms with van der Waals surface area (Å²) in [5.41, 5.74) is 2.14. The van der Waals surface area contributed by atoms with Crippen molar-refractivity contribution in [3.63, 3.8) is 0 Å². The number of hydrogen-bond acceptors (Lipinski definition) is 2. The summed E-state index contributed by atoms with van der Waals surface area (Å²) in [5.74, 6) is -1.12. The summed E-state index contributed by atoms with van der Waals surface area (Å²) < 4.78 is 0. The van der Waals surface area contributed by atoms with Gasteiger partial charge in [0.1, 0.15) is 5.75 Å². The average Bonchev–Trinajstić information content (AvgIpc) is 2.29. The number of aryl methyl sites for hydroxylation is 1. The van der Waals surface area contributed by atoms with Gasteiger partial charge in [-0.15, -0.1) is 0 Å². The molecule has 92 valence electrons. The SMILES string of the molecule is Cc1cc(O)cc(C(=O)O)c1-c1ccc(Cl)cc1. The maximum Gasteiger partial charge on any atom is 0.336 e. The third-order valence-corrected chi connectivity index (χ3v) is 2.94. The molecule has 0 amide bonds. The Balaban J connectivity index is 2.69. The number of phenolic OH excluding ortho intramolecular Hbond substituents is 1. The van der Waals surface area contributed by atoms with Crippen LogP contribution in [0, 0.1) is 6.92 Å². The van der Waals surface area contributed by atoms with Gasteiger partial charge < -0.3 is 10.2 Å². The van der Waals surface area contributed by atoms with E-state index in [2.05, 4.69) is 0 Å². The van der Waals surface area contributed by atoms with Crippen molar-refractivity contribution in [2.75, 3.05) is 0 Å². The van der Waals surface area contributed by atoms with Gasteiger partial charge in [-0.1, -0.05) is 23.7 Å². The fourth-order valence-corrected chi connectivity index (χ4v) is 2.06. The molecule has 0 saturated carbocycles. The molecule has 3 nitrogen and oxygen atoms in total. The van der Waals surface area contributed by atoms with Crippen LogP contribution in [0.4, 0.5) is 0 Å². The number of carbonyl (C=O) groups is 1. The van der Waals surface area contributed by atoms with Gasteiger partial charge in [-0.05, 0) is 47.9 Å². The minimum Gasteiger partial charge on any atom is -0.508 e. The quantitative estimate of drug-likeness (QED) is 0.867. The van der Waals surface area contributed by atoms with Crippen LogP contribution in [0.3, 0.4) is 0 Å². The van der Waals surface area contributed by atoms with Crippen molar-refractivity contribution >= 4 is 17.6 Å². The van der Waals surface area contributed by atoms with Gasteiger partial charge in [-0.3, -0.25) is 0 Å². The zero-order valence-corrected chi connectivity index (χ0v) is 10.4. The Morgan fingerprint density at radius 1 is 1.17 bits per heavy atom. The number of benzene rings is 2. The number of carboxylic acid groups (broad SMARTS) is 1. The minimum atomic E-state index is -1.07. The fraction of sp³-hybridized carbons (Fsp3) is 0.0714. The Bertz CT molecular complexity index is 603. The first-order chi connectivity index (χ1) is 8.49. The predicted octanol–water partition coefficient (Wildman–Crippen LogP) is 3.72. The zero-order valence-electron chi connectivity index (χ0n) is 9.64. The van der Waals surface area contributed by atoms with Crippen molar-refractivity contribution in [3.05, 3.63) is 52.5 Å². The van der Waals surface area contributed by atoms with Crippen molar-refractivity contribution in [1.82, 2.24) is 0 Å². The van der Waals surface area contributed by atoms with E-state index in [-0.39, 0.29) is 11.3 Å². The minimum absolute atomic E-state index is 0.0531. The molecule has 4 heteroatoms. The number of aromatic carboxylic acids is 1. The van der Waals surface area contributed by atoms with E-state index in [0.717, 1.165) is 5.56 Å². The van der Waals surface area contributed by atoms with Crippen molar-refractivity contribution in [1.29, 1.82) is 0 Å². The van der Waals surface area contributed by atoms with Crippen LogP contribution < -0.4 is 0 Å². The summed E-state index contributed by atoms with van der Waals surface area (Å²) >= 11 is 5.81. The van der Waals surface area contributed by atoms with Gasteiger partial charge in [0.05, 0.1) is 5.56 Å². The van der Waals surface area contributed by atoms with E-state index in [9.17, 15) is 15.0 Å². The Morgan fingerprint density at radius 3 is 2.33 bits per heavy atom. The zero-order chi connectivity index (χ0) is 13.3. The Labute approximate surface area is 109 Å². The highest BCUT2D eigenvalue weighted by atomic mass is 35.5. The molecule has 2 aromatic carbocycles. The first-order valence-corrected chi connectivity index (χ1v) is 5.69. The van der Waals surface area contributed by atoms with Crippen LogP contribution in [0.5, 0.6) is 5.75 Å². The Kier molecular flexibility index (Phi) is 3.26. The van der Waals surface area contributed by atoms with E-state index < -0.39 is 5.97 Å². The van der Waals surface area contributed by atoms with E-state index in [1.54, 1.807) is 31.2 Å². The summed E-state index contributed by atoms with van der Waals surface area (Å²) in [7, 11) is 0.